The van der Waals surface area contributed by atoms with Gasteiger partial charge >= 0.3 is 0 Å². The Morgan fingerprint density at radius 1 is 0.943 bits per heavy atom. The molecular formula is C25H17ClN6O2S. The van der Waals surface area contributed by atoms with Crippen LogP contribution in [0.3, 0.4) is 0 Å². The van der Waals surface area contributed by atoms with Gasteiger partial charge in [0.05, 0.1) is 16.6 Å². The van der Waals surface area contributed by atoms with Crippen molar-refractivity contribution in [2.45, 2.75) is 11.8 Å². The first-order chi connectivity index (χ1) is 16.9. The Kier molecular flexibility index (Phi) is 4.91. The minimum absolute atomic E-state index is 0.0346. The van der Waals surface area contributed by atoms with Crippen molar-refractivity contribution in [3.05, 3.63) is 96.6 Å². The zero-order chi connectivity index (χ0) is 24.2. The van der Waals surface area contributed by atoms with Crippen molar-refractivity contribution in [1.29, 1.82) is 0 Å². The Morgan fingerprint density at radius 2 is 1.77 bits per heavy atom. The number of pyridine rings is 2. The Balaban J connectivity index is 1.58. The number of hydrogen-bond donors (Lipinski definition) is 0. The van der Waals surface area contributed by atoms with Crippen molar-refractivity contribution < 1.29 is 8.42 Å². The lowest BCUT2D eigenvalue weighted by molar-refractivity contribution is 0.589. The first-order valence-corrected chi connectivity index (χ1v) is 12.5. The molecule has 35 heavy (non-hydrogen) atoms. The van der Waals surface area contributed by atoms with Crippen LogP contribution in [0.2, 0.25) is 5.28 Å². The minimum atomic E-state index is -3.93. The third-order valence-electron chi connectivity index (χ3n) is 5.87. The molecule has 172 valence electrons. The molecule has 0 fully saturated rings. The predicted octanol–water partition coefficient (Wildman–Crippen LogP) is 5.01. The molecule has 10 heteroatoms. The van der Waals surface area contributed by atoms with Crippen LogP contribution < -0.4 is 0 Å². The van der Waals surface area contributed by atoms with Crippen molar-refractivity contribution in [3.8, 4) is 22.3 Å². The fourth-order valence-electron chi connectivity index (χ4n) is 4.09. The number of benzene rings is 1. The molecule has 0 radical (unpaired) electrons. The molecule has 6 rings (SSSR count). The van der Waals surface area contributed by atoms with Crippen LogP contribution in [0.25, 0.3) is 38.8 Å². The normalized spacial score (nSPS) is 11.9. The number of aromatic nitrogens is 6. The van der Waals surface area contributed by atoms with Crippen LogP contribution in [0, 0.1) is 6.92 Å². The van der Waals surface area contributed by atoms with Crippen molar-refractivity contribution >= 4 is 38.2 Å². The smallest absolute Gasteiger partial charge is 0.264 e. The lowest BCUT2D eigenvalue weighted by Gasteiger charge is -2.07. The van der Waals surface area contributed by atoms with Crippen molar-refractivity contribution in [3.63, 3.8) is 0 Å². The van der Waals surface area contributed by atoms with E-state index in [1.165, 1.54) is 3.97 Å². The molecule has 8 nitrogen and oxygen atoms in total. The summed E-state index contributed by atoms with van der Waals surface area (Å²) in [5.74, 6) is 0. The van der Waals surface area contributed by atoms with Gasteiger partial charge in [-0.05, 0) is 54.4 Å². The SMILES string of the molecule is Cc1ccc(S(=O)(=O)n2cc(-c3ccn4ncc(-c5cccnc5)c4c3)c3cnc(Cl)nc32)cc1. The minimum Gasteiger partial charge on any atom is -0.264 e. The molecule has 6 aromatic rings. The Hall–Kier alpha value is -4.08. The predicted molar refractivity (Wildman–Crippen MR) is 134 cm³/mol. The molecule has 0 saturated heterocycles. The molecule has 0 aliphatic carbocycles. The highest BCUT2D eigenvalue weighted by atomic mass is 35.5. The van der Waals surface area contributed by atoms with Gasteiger partial charge in [-0.3, -0.25) is 4.98 Å². The topological polar surface area (TPSA) is 95.0 Å². The summed E-state index contributed by atoms with van der Waals surface area (Å²) in [5, 5.41) is 4.97. The van der Waals surface area contributed by atoms with Crippen molar-refractivity contribution in [1.82, 2.24) is 28.5 Å². The molecule has 0 amide bonds. The number of halogens is 1. The van der Waals surface area contributed by atoms with E-state index in [0.717, 1.165) is 27.8 Å². The molecule has 0 N–H and O–H groups in total. The zero-order valence-corrected chi connectivity index (χ0v) is 19.9. The van der Waals surface area contributed by atoms with Gasteiger partial charge in [0.2, 0.25) is 5.28 Å². The summed E-state index contributed by atoms with van der Waals surface area (Å²) in [6.45, 7) is 1.90. The Bertz CT molecular complexity index is 1830. The molecule has 0 aliphatic rings. The monoisotopic (exact) mass is 500 g/mol. The van der Waals surface area contributed by atoms with E-state index < -0.39 is 10.0 Å². The molecule has 1 aromatic carbocycles. The first kappa shape index (κ1) is 21.5. The average molecular weight is 501 g/mol. The first-order valence-electron chi connectivity index (χ1n) is 10.7. The Morgan fingerprint density at radius 3 is 2.54 bits per heavy atom. The lowest BCUT2D eigenvalue weighted by atomic mass is 10.0. The van der Waals surface area contributed by atoms with Gasteiger partial charge in [-0.1, -0.05) is 23.8 Å². The van der Waals surface area contributed by atoms with Crippen molar-refractivity contribution in [2.24, 2.45) is 0 Å². The maximum atomic E-state index is 13.6. The average Bonchev–Trinajstić information content (AvgIpc) is 3.46. The molecule has 5 aromatic heterocycles. The summed E-state index contributed by atoms with van der Waals surface area (Å²) >= 11 is 6.07. The molecule has 0 unspecified atom stereocenters. The van der Waals surface area contributed by atoms with E-state index in [4.69, 9.17) is 11.6 Å². The molecule has 0 saturated carbocycles. The summed E-state index contributed by atoms with van der Waals surface area (Å²) in [6, 6.07) is 14.3. The van der Waals surface area contributed by atoms with E-state index in [9.17, 15) is 8.42 Å². The van der Waals surface area contributed by atoms with Gasteiger partial charge in [0.15, 0.2) is 5.65 Å². The van der Waals surface area contributed by atoms with E-state index >= 15 is 0 Å². The van der Waals surface area contributed by atoms with Gasteiger partial charge in [0.25, 0.3) is 10.0 Å². The van der Waals surface area contributed by atoms with Crippen LogP contribution in [0.4, 0.5) is 0 Å². The molecular weight excluding hydrogens is 484 g/mol. The summed E-state index contributed by atoms with van der Waals surface area (Å²) in [4.78, 5) is 12.7. The number of fused-ring (bicyclic) bond motifs is 2. The summed E-state index contributed by atoms with van der Waals surface area (Å²) in [6.07, 6.45) is 10.2. The molecule has 0 atom stereocenters. The molecule has 5 heterocycles. The van der Waals surface area contributed by atoms with Crippen LogP contribution in [-0.2, 0) is 10.0 Å². The van der Waals surface area contributed by atoms with Gasteiger partial charge in [0.1, 0.15) is 0 Å². The Labute approximate surface area is 205 Å². The maximum Gasteiger partial charge on any atom is 0.269 e. The number of rotatable bonds is 4. The maximum absolute atomic E-state index is 13.6. The van der Waals surface area contributed by atoms with Crippen LogP contribution in [-0.4, -0.2) is 37.0 Å². The molecule has 0 aliphatic heterocycles. The number of nitrogens with zero attached hydrogens (tertiary/aromatic N) is 6. The largest absolute Gasteiger partial charge is 0.269 e. The highest BCUT2D eigenvalue weighted by Crippen LogP contribution is 2.34. The van der Waals surface area contributed by atoms with Crippen molar-refractivity contribution in [2.75, 3.05) is 0 Å². The summed E-state index contributed by atoms with van der Waals surface area (Å²) < 4.78 is 30.1. The fraction of sp³-hybridized carbons (Fsp3) is 0.0400. The summed E-state index contributed by atoms with van der Waals surface area (Å²) in [5.41, 5.74) is 5.32. The molecule has 0 bridgehead atoms. The third kappa shape index (κ3) is 3.56. The van der Waals surface area contributed by atoms with E-state index in [1.807, 2.05) is 37.4 Å². The van der Waals surface area contributed by atoms with E-state index in [0.29, 0.717) is 10.9 Å². The zero-order valence-electron chi connectivity index (χ0n) is 18.4. The van der Waals surface area contributed by atoms with Gasteiger partial charge in [-0.25, -0.2) is 21.9 Å². The van der Waals surface area contributed by atoms with Gasteiger partial charge in [-0.2, -0.15) is 10.1 Å². The second kappa shape index (κ2) is 8.00. The second-order valence-electron chi connectivity index (χ2n) is 8.08. The van der Waals surface area contributed by atoms with Gasteiger partial charge in [-0.15, -0.1) is 0 Å². The second-order valence-corrected chi connectivity index (χ2v) is 10.2. The van der Waals surface area contributed by atoms with E-state index in [2.05, 4.69) is 20.1 Å². The molecule has 0 spiro atoms. The standard InChI is InChI=1S/C25H17ClN6O2S/c1-16-4-6-19(7-5-16)35(33,34)32-15-22(21-13-28-25(26)30-24(21)32)17-8-10-31-23(11-17)20(14-29-31)18-3-2-9-27-12-18/h2-15H,1H3. The highest BCUT2D eigenvalue weighted by Gasteiger charge is 2.24. The van der Waals surface area contributed by atoms with Gasteiger partial charge < -0.3 is 0 Å². The van der Waals surface area contributed by atoms with E-state index in [-0.39, 0.29) is 15.8 Å². The number of aryl methyl sites for hydroxylation is 1. The quantitative estimate of drug-likeness (QED) is 0.316. The van der Waals surface area contributed by atoms with Gasteiger partial charge in [0, 0.05) is 53.1 Å². The summed E-state index contributed by atoms with van der Waals surface area (Å²) in [7, 11) is -3.93. The highest BCUT2D eigenvalue weighted by molar-refractivity contribution is 7.90. The van der Waals surface area contributed by atoms with Crippen LogP contribution >= 0.6 is 11.6 Å². The van der Waals surface area contributed by atoms with Crippen LogP contribution in [0.5, 0.6) is 0 Å². The van der Waals surface area contributed by atoms with Crippen LogP contribution in [0.15, 0.2) is 90.6 Å². The van der Waals surface area contributed by atoms with Crippen LogP contribution in [0.1, 0.15) is 5.56 Å². The fourth-order valence-corrected chi connectivity index (χ4v) is 5.53. The lowest BCUT2D eigenvalue weighted by Crippen LogP contribution is -2.12. The number of hydrogen-bond acceptors (Lipinski definition) is 6. The third-order valence-corrected chi connectivity index (χ3v) is 7.71. The van der Waals surface area contributed by atoms with E-state index in [1.54, 1.807) is 59.8 Å².